The smallest absolute Gasteiger partial charge is 0.218 e. The molecule has 1 aliphatic rings. The van der Waals surface area contributed by atoms with Gasteiger partial charge in [0, 0.05) is 38.1 Å². The summed E-state index contributed by atoms with van der Waals surface area (Å²) in [6, 6.07) is 0.797. The van der Waals surface area contributed by atoms with Crippen molar-refractivity contribution < 1.29 is 4.79 Å². The lowest BCUT2D eigenvalue weighted by Gasteiger charge is -2.35. The summed E-state index contributed by atoms with van der Waals surface area (Å²) in [7, 11) is 0. The molecule has 1 fully saturated rings. The number of primary amides is 1. The van der Waals surface area contributed by atoms with E-state index in [1.54, 1.807) is 0 Å². The number of carbonyl (C=O) groups is 1. The average molecular weight is 185 g/mol. The predicted molar refractivity (Wildman–Crippen MR) is 52.3 cm³/mol. The fourth-order valence-corrected chi connectivity index (χ4v) is 1.78. The van der Waals surface area contributed by atoms with Crippen molar-refractivity contribution in [3.05, 3.63) is 0 Å². The molecule has 3 N–H and O–H groups in total. The Morgan fingerprint density at radius 3 is 3.00 bits per heavy atom. The lowest BCUT2D eigenvalue weighted by Crippen LogP contribution is -2.52. The Balaban J connectivity index is 2.36. The van der Waals surface area contributed by atoms with Gasteiger partial charge < -0.3 is 11.1 Å². The highest BCUT2D eigenvalue weighted by Gasteiger charge is 2.21. The molecule has 0 aromatic carbocycles. The first-order chi connectivity index (χ1) is 6.09. The van der Waals surface area contributed by atoms with Crippen LogP contribution in [0, 0.1) is 0 Å². The van der Waals surface area contributed by atoms with Crippen molar-refractivity contribution in [2.45, 2.75) is 32.4 Å². The molecular formula is C9H19N3O. The molecule has 0 aliphatic carbocycles. The zero-order valence-corrected chi connectivity index (χ0v) is 8.42. The summed E-state index contributed by atoms with van der Waals surface area (Å²) < 4.78 is 0. The maximum Gasteiger partial charge on any atom is 0.218 e. The fraction of sp³-hybridized carbons (Fsp3) is 0.889. The van der Waals surface area contributed by atoms with Crippen LogP contribution < -0.4 is 11.1 Å². The van der Waals surface area contributed by atoms with Crippen molar-refractivity contribution >= 4 is 5.91 Å². The van der Waals surface area contributed by atoms with Crippen LogP contribution in [0.2, 0.25) is 0 Å². The maximum atomic E-state index is 10.7. The highest BCUT2D eigenvalue weighted by atomic mass is 16.1. The van der Waals surface area contributed by atoms with Crippen molar-refractivity contribution in [3.8, 4) is 0 Å². The van der Waals surface area contributed by atoms with Crippen molar-refractivity contribution in [1.82, 2.24) is 10.2 Å². The molecule has 0 aromatic heterocycles. The summed E-state index contributed by atoms with van der Waals surface area (Å²) in [6.45, 7) is 7.24. The molecule has 13 heavy (non-hydrogen) atoms. The highest BCUT2D eigenvalue weighted by molar-refractivity contribution is 5.74. The normalized spacial score (nSPS) is 27.1. The monoisotopic (exact) mass is 185 g/mol. The molecule has 1 aliphatic heterocycles. The number of nitrogens with two attached hydrogens (primary N) is 1. The van der Waals surface area contributed by atoms with E-state index in [4.69, 9.17) is 5.73 Å². The van der Waals surface area contributed by atoms with Crippen LogP contribution in [0.5, 0.6) is 0 Å². The molecular weight excluding hydrogens is 166 g/mol. The van der Waals surface area contributed by atoms with E-state index in [0.717, 1.165) is 19.6 Å². The number of nitrogens with one attached hydrogen (secondary N) is 1. The van der Waals surface area contributed by atoms with Crippen LogP contribution in [-0.2, 0) is 4.79 Å². The summed E-state index contributed by atoms with van der Waals surface area (Å²) in [4.78, 5) is 13.0. The number of nitrogens with zero attached hydrogens (tertiary/aromatic N) is 1. The minimum absolute atomic E-state index is 0.210. The number of rotatable bonds is 3. The summed E-state index contributed by atoms with van der Waals surface area (Å²) in [6.07, 6.45) is 0.465. The van der Waals surface area contributed by atoms with Gasteiger partial charge in [-0.3, -0.25) is 9.69 Å². The second kappa shape index (κ2) is 4.58. The van der Waals surface area contributed by atoms with Gasteiger partial charge in [0.1, 0.15) is 0 Å². The van der Waals surface area contributed by atoms with E-state index in [2.05, 4.69) is 24.1 Å². The van der Waals surface area contributed by atoms with Crippen molar-refractivity contribution in [3.63, 3.8) is 0 Å². The number of carbonyl (C=O) groups excluding carboxylic acids is 1. The van der Waals surface area contributed by atoms with Gasteiger partial charge in [-0.05, 0) is 13.8 Å². The van der Waals surface area contributed by atoms with Crippen molar-refractivity contribution in [1.29, 1.82) is 0 Å². The molecule has 0 radical (unpaired) electrons. The standard InChI is InChI=1S/C9H19N3O/c1-7-6-12(4-3-11-7)8(2)5-9(10)13/h7-8,11H,3-6H2,1-2H3,(H2,10,13). The van der Waals surface area contributed by atoms with Gasteiger partial charge in [-0.15, -0.1) is 0 Å². The quantitative estimate of drug-likeness (QED) is 0.626. The number of amides is 1. The van der Waals surface area contributed by atoms with Gasteiger partial charge in [0.2, 0.25) is 5.91 Å². The number of hydrogen-bond donors (Lipinski definition) is 2. The van der Waals surface area contributed by atoms with Crippen LogP contribution in [0.3, 0.4) is 0 Å². The van der Waals surface area contributed by atoms with Crippen LogP contribution >= 0.6 is 0 Å². The predicted octanol–water partition coefficient (Wildman–Crippen LogP) is -0.456. The Morgan fingerprint density at radius 1 is 1.77 bits per heavy atom. The molecule has 4 heteroatoms. The first-order valence-corrected chi connectivity index (χ1v) is 4.85. The largest absolute Gasteiger partial charge is 0.370 e. The minimum Gasteiger partial charge on any atom is -0.370 e. The van der Waals surface area contributed by atoms with Gasteiger partial charge in [0.05, 0.1) is 0 Å². The highest BCUT2D eigenvalue weighted by Crippen LogP contribution is 2.07. The van der Waals surface area contributed by atoms with E-state index in [-0.39, 0.29) is 11.9 Å². The lowest BCUT2D eigenvalue weighted by atomic mass is 10.1. The van der Waals surface area contributed by atoms with E-state index in [1.807, 2.05) is 0 Å². The molecule has 76 valence electrons. The van der Waals surface area contributed by atoms with Gasteiger partial charge in [0.15, 0.2) is 0 Å². The maximum absolute atomic E-state index is 10.7. The van der Waals surface area contributed by atoms with Gasteiger partial charge in [0.25, 0.3) is 0 Å². The number of hydrogen-bond acceptors (Lipinski definition) is 3. The van der Waals surface area contributed by atoms with E-state index >= 15 is 0 Å². The Hall–Kier alpha value is -0.610. The summed E-state index contributed by atoms with van der Waals surface area (Å²) in [5.74, 6) is -0.210. The Morgan fingerprint density at radius 2 is 2.46 bits per heavy atom. The second-order valence-electron chi connectivity index (χ2n) is 3.87. The molecule has 1 amide bonds. The van der Waals surface area contributed by atoms with Crippen LogP contribution in [0.1, 0.15) is 20.3 Å². The summed E-state index contributed by atoms with van der Waals surface area (Å²) in [5.41, 5.74) is 5.15. The molecule has 1 saturated heterocycles. The lowest BCUT2D eigenvalue weighted by molar-refractivity contribution is -0.119. The third-order valence-electron chi connectivity index (χ3n) is 2.52. The minimum atomic E-state index is -0.210. The number of piperazine rings is 1. The Bertz CT molecular complexity index is 184. The SMILES string of the molecule is CC1CN(C(C)CC(N)=O)CCN1. The molecule has 4 nitrogen and oxygen atoms in total. The van der Waals surface area contributed by atoms with E-state index in [0.29, 0.717) is 12.5 Å². The molecule has 0 bridgehead atoms. The van der Waals surface area contributed by atoms with Crippen LogP contribution in [0.25, 0.3) is 0 Å². The van der Waals surface area contributed by atoms with Crippen LogP contribution in [0.4, 0.5) is 0 Å². The Labute approximate surface area is 79.5 Å². The average Bonchev–Trinajstić information content (AvgIpc) is 2.03. The molecule has 2 unspecified atom stereocenters. The molecule has 1 heterocycles. The molecule has 2 atom stereocenters. The van der Waals surface area contributed by atoms with Crippen LogP contribution in [-0.4, -0.2) is 42.5 Å². The molecule has 1 rings (SSSR count). The first-order valence-electron chi connectivity index (χ1n) is 4.85. The third kappa shape index (κ3) is 3.32. The second-order valence-corrected chi connectivity index (χ2v) is 3.87. The molecule has 0 saturated carbocycles. The van der Waals surface area contributed by atoms with Crippen molar-refractivity contribution in [2.75, 3.05) is 19.6 Å². The fourth-order valence-electron chi connectivity index (χ4n) is 1.78. The van der Waals surface area contributed by atoms with Gasteiger partial charge >= 0.3 is 0 Å². The van der Waals surface area contributed by atoms with Crippen LogP contribution in [0.15, 0.2) is 0 Å². The van der Waals surface area contributed by atoms with E-state index < -0.39 is 0 Å². The summed E-state index contributed by atoms with van der Waals surface area (Å²) >= 11 is 0. The first kappa shape index (κ1) is 10.5. The topological polar surface area (TPSA) is 58.4 Å². The van der Waals surface area contributed by atoms with E-state index in [1.165, 1.54) is 0 Å². The zero-order chi connectivity index (χ0) is 9.84. The zero-order valence-electron chi connectivity index (χ0n) is 8.42. The summed E-state index contributed by atoms with van der Waals surface area (Å²) in [5, 5.41) is 3.36. The molecule has 0 spiro atoms. The molecule has 0 aromatic rings. The van der Waals surface area contributed by atoms with Gasteiger partial charge in [-0.25, -0.2) is 0 Å². The van der Waals surface area contributed by atoms with Gasteiger partial charge in [-0.1, -0.05) is 0 Å². The third-order valence-corrected chi connectivity index (χ3v) is 2.52. The Kier molecular flexibility index (Phi) is 3.69. The van der Waals surface area contributed by atoms with E-state index in [9.17, 15) is 4.79 Å². The van der Waals surface area contributed by atoms with Crippen molar-refractivity contribution in [2.24, 2.45) is 5.73 Å². The van der Waals surface area contributed by atoms with Gasteiger partial charge in [-0.2, -0.15) is 0 Å².